The second kappa shape index (κ2) is 2.73. The van der Waals surface area contributed by atoms with Crippen molar-refractivity contribution in [1.82, 2.24) is 0 Å². The topological polar surface area (TPSA) is 9.23 Å². The van der Waals surface area contributed by atoms with Crippen molar-refractivity contribution >= 4 is 0 Å². The summed E-state index contributed by atoms with van der Waals surface area (Å²) in [7, 11) is 0. The largest absolute Gasteiger partial charge is 0.374 e. The van der Waals surface area contributed by atoms with E-state index in [2.05, 4.69) is 27.7 Å². The molecule has 1 heterocycles. The fraction of sp³-hybridized carbons (Fsp3) is 1.00. The van der Waals surface area contributed by atoms with Crippen molar-refractivity contribution in [3.63, 3.8) is 0 Å². The van der Waals surface area contributed by atoms with Gasteiger partial charge in [0.1, 0.15) is 0 Å². The average molecular weight is 182 g/mol. The Balaban J connectivity index is 2.23. The Bertz CT molecular complexity index is 207. The van der Waals surface area contributed by atoms with Crippen molar-refractivity contribution in [1.29, 1.82) is 0 Å². The minimum Gasteiger partial charge on any atom is -0.374 e. The SMILES string of the molecule is CC1CC[C@]2(C(C)C)COC1(C)C2. The van der Waals surface area contributed by atoms with Crippen molar-refractivity contribution in [3.05, 3.63) is 0 Å². The second-order valence-corrected chi connectivity index (χ2v) is 5.73. The molecule has 13 heavy (non-hydrogen) atoms. The van der Waals surface area contributed by atoms with E-state index in [4.69, 9.17) is 4.74 Å². The summed E-state index contributed by atoms with van der Waals surface area (Å²) in [5.41, 5.74) is 0.712. The van der Waals surface area contributed by atoms with Gasteiger partial charge in [0.25, 0.3) is 0 Å². The molecular weight excluding hydrogens is 160 g/mol. The Morgan fingerprint density at radius 1 is 1.38 bits per heavy atom. The maximum atomic E-state index is 6.04. The number of fused-ring (bicyclic) bond motifs is 2. The van der Waals surface area contributed by atoms with Crippen LogP contribution in [0.3, 0.4) is 0 Å². The van der Waals surface area contributed by atoms with Gasteiger partial charge in [-0.3, -0.25) is 0 Å². The molecule has 0 spiro atoms. The lowest BCUT2D eigenvalue weighted by Crippen LogP contribution is -2.40. The first-order valence-electron chi connectivity index (χ1n) is 5.62. The van der Waals surface area contributed by atoms with Gasteiger partial charge in [-0.05, 0) is 43.4 Å². The first-order chi connectivity index (χ1) is 5.99. The van der Waals surface area contributed by atoms with Crippen LogP contribution in [0, 0.1) is 17.3 Å². The zero-order chi connectivity index (χ0) is 9.69. The molecule has 2 rings (SSSR count). The van der Waals surface area contributed by atoms with Crippen LogP contribution in [-0.2, 0) is 4.74 Å². The van der Waals surface area contributed by atoms with Crippen LogP contribution in [0.4, 0.5) is 0 Å². The zero-order valence-corrected chi connectivity index (χ0v) is 9.39. The highest BCUT2D eigenvalue weighted by Crippen LogP contribution is 2.55. The van der Waals surface area contributed by atoms with Crippen molar-refractivity contribution < 1.29 is 4.74 Å². The van der Waals surface area contributed by atoms with E-state index in [9.17, 15) is 0 Å². The summed E-state index contributed by atoms with van der Waals surface area (Å²) in [4.78, 5) is 0. The van der Waals surface area contributed by atoms with Crippen LogP contribution in [0.25, 0.3) is 0 Å². The third-order valence-electron chi connectivity index (χ3n) is 4.73. The van der Waals surface area contributed by atoms with Gasteiger partial charge < -0.3 is 4.74 Å². The summed E-state index contributed by atoms with van der Waals surface area (Å²) in [6, 6.07) is 0. The third kappa shape index (κ3) is 1.24. The molecular formula is C12H22O. The molecule has 2 aliphatic rings. The molecule has 0 aromatic rings. The van der Waals surface area contributed by atoms with E-state index in [1.54, 1.807) is 0 Å². The van der Waals surface area contributed by atoms with Gasteiger partial charge in [0.05, 0.1) is 12.2 Å². The third-order valence-corrected chi connectivity index (χ3v) is 4.73. The smallest absolute Gasteiger partial charge is 0.0686 e. The predicted octanol–water partition coefficient (Wildman–Crippen LogP) is 3.24. The molecule has 1 heteroatoms. The molecule has 0 N–H and O–H groups in total. The Labute approximate surface area is 81.9 Å². The van der Waals surface area contributed by atoms with Gasteiger partial charge >= 0.3 is 0 Å². The van der Waals surface area contributed by atoms with Gasteiger partial charge in [-0.1, -0.05) is 20.8 Å². The Morgan fingerprint density at radius 2 is 2.08 bits per heavy atom. The van der Waals surface area contributed by atoms with Crippen molar-refractivity contribution in [2.24, 2.45) is 17.3 Å². The normalized spacial score (nSPS) is 50.1. The monoisotopic (exact) mass is 182 g/mol. The number of hydrogen-bond acceptors (Lipinski definition) is 1. The van der Waals surface area contributed by atoms with Crippen LogP contribution in [-0.4, -0.2) is 12.2 Å². The molecule has 2 unspecified atom stereocenters. The molecule has 3 atom stereocenters. The Hall–Kier alpha value is -0.0400. The van der Waals surface area contributed by atoms with Gasteiger partial charge in [0, 0.05) is 0 Å². The highest BCUT2D eigenvalue weighted by molar-refractivity contribution is 5.03. The first kappa shape index (κ1) is 9.51. The summed E-state index contributed by atoms with van der Waals surface area (Å²) < 4.78 is 6.04. The fourth-order valence-electron chi connectivity index (χ4n) is 3.06. The summed E-state index contributed by atoms with van der Waals surface area (Å²) >= 11 is 0. The van der Waals surface area contributed by atoms with E-state index in [1.165, 1.54) is 19.3 Å². The van der Waals surface area contributed by atoms with Crippen molar-refractivity contribution in [3.8, 4) is 0 Å². The zero-order valence-electron chi connectivity index (χ0n) is 9.39. The predicted molar refractivity (Wildman–Crippen MR) is 54.6 cm³/mol. The summed E-state index contributed by atoms with van der Waals surface area (Å²) in [5, 5.41) is 0. The molecule has 1 nitrogen and oxygen atoms in total. The number of ether oxygens (including phenoxy) is 1. The standard InChI is InChI=1S/C12H22O/c1-9(2)12-6-5-10(3)11(4,7-12)13-8-12/h9-10H,5-8H2,1-4H3/t10?,11?,12-/m1/s1. The van der Waals surface area contributed by atoms with Crippen molar-refractivity contribution in [2.75, 3.05) is 6.61 Å². The molecule has 0 aromatic heterocycles. The number of rotatable bonds is 1. The molecule has 0 aromatic carbocycles. The molecule has 1 saturated carbocycles. The fourth-order valence-corrected chi connectivity index (χ4v) is 3.06. The maximum absolute atomic E-state index is 6.04. The highest BCUT2D eigenvalue weighted by Gasteiger charge is 2.54. The maximum Gasteiger partial charge on any atom is 0.0686 e. The van der Waals surface area contributed by atoms with E-state index in [0.29, 0.717) is 5.41 Å². The highest BCUT2D eigenvalue weighted by atomic mass is 16.5. The number of hydrogen-bond donors (Lipinski definition) is 0. The summed E-state index contributed by atoms with van der Waals surface area (Å²) in [5.74, 6) is 1.53. The molecule has 76 valence electrons. The summed E-state index contributed by atoms with van der Waals surface area (Å²) in [6.45, 7) is 10.4. The second-order valence-electron chi connectivity index (χ2n) is 5.73. The van der Waals surface area contributed by atoms with E-state index < -0.39 is 0 Å². The van der Waals surface area contributed by atoms with Crippen LogP contribution in [0.15, 0.2) is 0 Å². The quantitative estimate of drug-likeness (QED) is 0.605. The van der Waals surface area contributed by atoms with Crippen LogP contribution in [0.1, 0.15) is 47.0 Å². The summed E-state index contributed by atoms with van der Waals surface area (Å²) in [6.07, 6.45) is 4.02. The lowest BCUT2D eigenvalue weighted by atomic mass is 9.62. The molecule has 2 bridgehead atoms. The van der Waals surface area contributed by atoms with Gasteiger partial charge in [-0.15, -0.1) is 0 Å². The first-order valence-corrected chi connectivity index (χ1v) is 5.62. The molecule has 1 saturated heterocycles. The van der Waals surface area contributed by atoms with Crippen molar-refractivity contribution in [2.45, 2.75) is 52.6 Å². The minimum atomic E-state index is 0.197. The van der Waals surface area contributed by atoms with E-state index in [0.717, 1.165) is 18.4 Å². The molecule has 1 aliphatic carbocycles. The van der Waals surface area contributed by atoms with Crippen LogP contribution in [0.2, 0.25) is 0 Å². The van der Waals surface area contributed by atoms with Crippen LogP contribution in [0.5, 0.6) is 0 Å². The average Bonchev–Trinajstić information content (AvgIpc) is 2.36. The van der Waals surface area contributed by atoms with Gasteiger partial charge in [-0.25, -0.2) is 0 Å². The van der Waals surface area contributed by atoms with E-state index in [-0.39, 0.29) is 5.60 Å². The van der Waals surface area contributed by atoms with Crippen LogP contribution < -0.4 is 0 Å². The van der Waals surface area contributed by atoms with Gasteiger partial charge in [0.2, 0.25) is 0 Å². The minimum absolute atomic E-state index is 0.197. The molecule has 0 amide bonds. The van der Waals surface area contributed by atoms with Gasteiger partial charge in [0.15, 0.2) is 0 Å². The molecule has 1 aliphatic heterocycles. The Kier molecular flexibility index (Phi) is 1.99. The lowest BCUT2D eigenvalue weighted by molar-refractivity contribution is -0.0234. The molecule has 0 radical (unpaired) electrons. The molecule has 2 fully saturated rings. The lowest BCUT2D eigenvalue weighted by Gasteiger charge is -2.41. The van der Waals surface area contributed by atoms with Gasteiger partial charge in [-0.2, -0.15) is 0 Å². The van der Waals surface area contributed by atoms with Crippen LogP contribution >= 0.6 is 0 Å². The van der Waals surface area contributed by atoms with E-state index >= 15 is 0 Å². The van der Waals surface area contributed by atoms with E-state index in [1.807, 2.05) is 0 Å². The Morgan fingerprint density at radius 3 is 2.69 bits per heavy atom.